The number of benzene rings is 3. The Balaban J connectivity index is 1.68. The molecule has 0 bridgehead atoms. The minimum Gasteiger partial charge on any atom is -0.493 e. The van der Waals surface area contributed by atoms with E-state index in [0.29, 0.717) is 11.3 Å². The van der Waals surface area contributed by atoms with Gasteiger partial charge in [0.2, 0.25) is 5.91 Å². The molecule has 0 aliphatic rings. The van der Waals surface area contributed by atoms with Gasteiger partial charge in [0.25, 0.3) is 5.91 Å². The summed E-state index contributed by atoms with van der Waals surface area (Å²) in [5.41, 5.74) is 3.21. The molecule has 3 rings (SSSR count). The lowest BCUT2D eigenvalue weighted by Gasteiger charge is -2.19. The lowest BCUT2D eigenvalue weighted by molar-refractivity contribution is -0.116. The highest BCUT2D eigenvalue weighted by atomic mass is 32.2. The highest BCUT2D eigenvalue weighted by Crippen LogP contribution is 2.16. The van der Waals surface area contributed by atoms with Gasteiger partial charge in [0.1, 0.15) is 11.1 Å². The predicted octanol–water partition coefficient (Wildman–Crippen LogP) is 3.35. The van der Waals surface area contributed by atoms with Crippen molar-refractivity contribution in [3.63, 3.8) is 0 Å². The van der Waals surface area contributed by atoms with E-state index >= 15 is 0 Å². The number of nitrogens with one attached hydrogen (secondary N) is 2. The number of ether oxygens (including phenoxy) is 1. The lowest BCUT2D eigenvalue weighted by Crippen LogP contribution is -2.41. The summed E-state index contributed by atoms with van der Waals surface area (Å²) in [6, 6.07) is 23.9. The van der Waals surface area contributed by atoms with Crippen LogP contribution in [-0.4, -0.2) is 37.4 Å². The fourth-order valence-electron chi connectivity index (χ4n) is 3.24. The first kappa shape index (κ1) is 25.7. The van der Waals surface area contributed by atoms with Crippen LogP contribution in [0.15, 0.2) is 91.0 Å². The van der Waals surface area contributed by atoms with E-state index in [4.69, 9.17) is 9.94 Å². The Hall–Kier alpha value is -3.95. The molecule has 9 heteroatoms. The highest BCUT2D eigenvalue weighted by molar-refractivity contribution is 7.91. The van der Waals surface area contributed by atoms with Gasteiger partial charge < -0.3 is 10.1 Å². The van der Waals surface area contributed by atoms with Crippen molar-refractivity contribution in [1.82, 2.24) is 10.8 Å². The van der Waals surface area contributed by atoms with Crippen molar-refractivity contribution in [2.45, 2.75) is 17.5 Å². The standard InChI is InChI=1S/C26H26N2O6S/c29-24(16-11-20-7-3-1-4-8-20)27-25(35(32,33)19-21-9-5-2-6-10-21)17-18-34-23-14-12-22(13-15-23)26(30)28-31/h1-16,25,31H,17-19H2,(H,27,29)(H,28,30)/b16-11+. The third kappa shape index (κ3) is 8.09. The van der Waals surface area contributed by atoms with Crippen molar-refractivity contribution >= 4 is 27.7 Å². The van der Waals surface area contributed by atoms with Gasteiger partial charge in [-0.25, -0.2) is 13.9 Å². The summed E-state index contributed by atoms with van der Waals surface area (Å²) in [7, 11) is -3.76. The number of rotatable bonds is 11. The number of amides is 2. The molecular weight excluding hydrogens is 468 g/mol. The second kappa shape index (κ2) is 12.5. The highest BCUT2D eigenvalue weighted by Gasteiger charge is 2.27. The zero-order valence-electron chi connectivity index (χ0n) is 18.8. The quantitative estimate of drug-likeness (QED) is 0.214. The van der Waals surface area contributed by atoms with Crippen LogP contribution in [0.4, 0.5) is 0 Å². The first-order valence-electron chi connectivity index (χ1n) is 10.8. The molecule has 182 valence electrons. The minimum absolute atomic E-state index is 0.00685. The second-order valence-electron chi connectivity index (χ2n) is 7.64. The van der Waals surface area contributed by atoms with Crippen molar-refractivity contribution in [3.05, 3.63) is 108 Å². The van der Waals surface area contributed by atoms with E-state index in [-0.39, 0.29) is 24.3 Å². The van der Waals surface area contributed by atoms with E-state index in [1.165, 1.54) is 30.3 Å². The maximum Gasteiger partial charge on any atom is 0.274 e. The summed E-state index contributed by atoms with van der Waals surface area (Å²) in [4.78, 5) is 23.9. The molecule has 2 amide bonds. The zero-order valence-corrected chi connectivity index (χ0v) is 19.6. The van der Waals surface area contributed by atoms with Crippen molar-refractivity contribution in [3.8, 4) is 5.75 Å². The van der Waals surface area contributed by atoms with Crippen LogP contribution >= 0.6 is 0 Å². The topological polar surface area (TPSA) is 122 Å². The van der Waals surface area contributed by atoms with Crippen LogP contribution in [0.3, 0.4) is 0 Å². The molecule has 0 aliphatic heterocycles. The van der Waals surface area contributed by atoms with Gasteiger partial charge in [-0.2, -0.15) is 0 Å². The molecule has 0 fully saturated rings. The Morgan fingerprint density at radius 1 is 0.914 bits per heavy atom. The molecule has 3 aromatic carbocycles. The van der Waals surface area contributed by atoms with Crippen LogP contribution in [0.2, 0.25) is 0 Å². The molecule has 3 aromatic rings. The van der Waals surface area contributed by atoms with Crippen molar-refractivity contribution in [1.29, 1.82) is 0 Å². The fraction of sp³-hybridized carbons (Fsp3) is 0.154. The SMILES string of the molecule is O=C(/C=C/c1ccccc1)NC(CCOc1ccc(C(=O)NO)cc1)S(=O)(=O)Cc1ccccc1. The average Bonchev–Trinajstić information content (AvgIpc) is 2.87. The molecule has 0 heterocycles. The molecular formula is C26H26N2O6S. The lowest BCUT2D eigenvalue weighted by atomic mass is 10.2. The van der Waals surface area contributed by atoms with Crippen LogP contribution in [-0.2, 0) is 20.4 Å². The third-order valence-electron chi connectivity index (χ3n) is 5.04. The molecule has 0 saturated carbocycles. The molecule has 1 unspecified atom stereocenters. The normalized spacial score (nSPS) is 12.1. The third-order valence-corrected chi connectivity index (χ3v) is 7.00. The summed E-state index contributed by atoms with van der Waals surface area (Å²) in [6.07, 6.45) is 2.92. The Kier molecular flexibility index (Phi) is 9.16. The van der Waals surface area contributed by atoms with Gasteiger partial charge in [-0.15, -0.1) is 0 Å². The van der Waals surface area contributed by atoms with Gasteiger partial charge >= 0.3 is 0 Å². The van der Waals surface area contributed by atoms with Gasteiger partial charge in [0, 0.05) is 18.1 Å². The Bertz CT molecular complexity index is 1240. The number of sulfone groups is 1. The average molecular weight is 495 g/mol. The minimum atomic E-state index is -3.76. The second-order valence-corrected chi connectivity index (χ2v) is 9.82. The van der Waals surface area contributed by atoms with Crippen LogP contribution in [0.5, 0.6) is 5.75 Å². The van der Waals surface area contributed by atoms with Crippen LogP contribution < -0.4 is 15.5 Å². The van der Waals surface area contributed by atoms with Crippen molar-refractivity contribution in [2.75, 3.05) is 6.61 Å². The van der Waals surface area contributed by atoms with E-state index in [0.717, 1.165) is 5.56 Å². The van der Waals surface area contributed by atoms with Gasteiger partial charge in [0.05, 0.1) is 12.4 Å². The van der Waals surface area contributed by atoms with Crippen LogP contribution in [0.25, 0.3) is 6.08 Å². The largest absolute Gasteiger partial charge is 0.493 e. The van der Waals surface area contributed by atoms with E-state index in [2.05, 4.69) is 5.32 Å². The van der Waals surface area contributed by atoms with E-state index in [1.807, 2.05) is 30.3 Å². The molecule has 8 nitrogen and oxygen atoms in total. The molecule has 0 radical (unpaired) electrons. The first-order valence-corrected chi connectivity index (χ1v) is 12.6. The van der Waals surface area contributed by atoms with E-state index in [9.17, 15) is 18.0 Å². The molecule has 35 heavy (non-hydrogen) atoms. The van der Waals surface area contributed by atoms with Crippen molar-refractivity contribution < 1.29 is 28.0 Å². The molecule has 3 N–H and O–H groups in total. The molecule has 0 aliphatic carbocycles. The summed E-state index contributed by atoms with van der Waals surface area (Å²) in [5, 5.41) is 10.1. The molecule has 0 saturated heterocycles. The Morgan fingerprint density at radius 2 is 1.54 bits per heavy atom. The van der Waals surface area contributed by atoms with E-state index < -0.39 is 27.0 Å². The molecule has 0 aromatic heterocycles. The number of hydroxylamine groups is 1. The number of hydrogen-bond donors (Lipinski definition) is 3. The van der Waals surface area contributed by atoms with Crippen LogP contribution in [0.1, 0.15) is 27.9 Å². The summed E-state index contributed by atoms with van der Waals surface area (Å²) >= 11 is 0. The predicted molar refractivity (Wildman–Crippen MR) is 132 cm³/mol. The number of carbonyl (C=O) groups excluding carboxylic acids is 2. The fourth-order valence-corrected chi connectivity index (χ4v) is 4.85. The van der Waals surface area contributed by atoms with Crippen LogP contribution in [0, 0.1) is 0 Å². The first-order chi connectivity index (χ1) is 16.9. The zero-order chi connectivity index (χ0) is 25.1. The number of carbonyl (C=O) groups is 2. The van der Waals surface area contributed by atoms with Gasteiger partial charge in [0.15, 0.2) is 9.84 Å². The van der Waals surface area contributed by atoms with Gasteiger partial charge in [-0.3, -0.25) is 14.8 Å². The molecule has 0 spiro atoms. The van der Waals surface area contributed by atoms with Crippen molar-refractivity contribution in [2.24, 2.45) is 0 Å². The summed E-state index contributed by atoms with van der Waals surface area (Å²) in [5.74, 6) is -1.01. The summed E-state index contributed by atoms with van der Waals surface area (Å²) in [6.45, 7) is 0.00685. The summed E-state index contributed by atoms with van der Waals surface area (Å²) < 4.78 is 31.9. The van der Waals surface area contributed by atoms with Gasteiger partial charge in [-0.1, -0.05) is 60.7 Å². The molecule has 1 atom stereocenters. The Morgan fingerprint density at radius 3 is 2.17 bits per heavy atom. The van der Waals surface area contributed by atoms with Gasteiger partial charge in [-0.05, 0) is 41.5 Å². The monoisotopic (exact) mass is 494 g/mol. The maximum atomic E-state index is 13.1. The Labute approximate surface area is 204 Å². The number of hydrogen-bond acceptors (Lipinski definition) is 6. The van der Waals surface area contributed by atoms with E-state index in [1.54, 1.807) is 41.9 Å². The smallest absolute Gasteiger partial charge is 0.274 e. The maximum absolute atomic E-state index is 13.1.